The fraction of sp³-hybridized carbons (Fsp3) is 0.350. The molecule has 0 bridgehead atoms. The van der Waals surface area contributed by atoms with E-state index in [1.165, 1.54) is 6.92 Å². The minimum atomic E-state index is -0.454. The van der Waals surface area contributed by atoms with E-state index in [0.717, 1.165) is 16.7 Å². The first-order chi connectivity index (χ1) is 11.7. The van der Waals surface area contributed by atoms with Gasteiger partial charge in [0.05, 0.1) is 12.1 Å². The van der Waals surface area contributed by atoms with Crippen LogP contribution >= 0.6 is 0 Å². The molecule has 0 unspecified atom stereocenters. The maximum Gasteiger partial charge on any atom is 0.310 e. The summed E-state index contributed by atoms with van der Waals surface area (Å²) in [5.41, 5.74) is 5.20. The van der Waals surface area contributed by atoms with Crippen molar-refractivity contribution in [3.63, 3.8) is 0 Å². The molecule has 25 heavy (non-hydrogen) atoms. The summed E-state index contributed by atoms with van der Waals surface area (Å²) in [7, 11) is 0. The Bertz CT molecular complexity index is 846. The Morgan fingerprint density at radius 2 is 1.72 bits per heavy atom. The second-order valence-corrected chi connectivity index (χ2v) is 6.36. The molecule has 1 aromatic heterocycles. The van der Waals surface area contributed by atoms with Crippen LogP contribution in [-0.4, -0.2) is 29.1 Å². The van der Waals surface area contributed by atoms with E-state index in [9.17, 15) is 14.4 Å². The van der Waals surface area contributed by atoms with Crippen LogP contribution in [-0.2, 0) is 16.0 Å². The van der Waals surface area contributed by atoms with Gasteiger partial charge in [0.15, 0.2) is 12.4 Å². The molecular formula is C20H23NO4. The lowest BCUT2D eigenvalue weighted by Crippen LogP contribution is -2.16. The van der Waals surface area contributed by atoms with E-state index in [4.69, 9.17) is 4.74 Å². The van der Waals surface area contributed by atoms with Gasteiger partial charge in [-0.15, -0.1) is 0 Å². The Morgan fingerprint density at radius 3 is 2.28 bits per heavy atom. The third-order valence-corrected chi connectivity index (χ3v) is 4.35. The molecule has 1 heterocycles. The monoisotopic (exact) mass is 341 g/mol. The minimum Gasteiger partial charge on any atom is -0.457 e. The van der Waals surface area contributed by atoms with E-state index in [1.807, 2.05) is 32.0 Å². The predicted octanol–water partition coefficient (Wildman–Crippen LogP) is 3.42. The molecule has 2 rings (SSSR count). The van der Waals surface area contributed by atoms with Crippen LogP contribution in [0.15, 0.2) is 18.2 Å². The van der Waals surface area contributed by atoms with E-state index in [1.54, 1.807) is 13.8 Å². The van der Waals surface area contributed by atoms with Gasteiger partial charge in [0, 0.05) is 11.3 Å². The Balaban J connectivity index is 2.00. The van der Waals surface area contributed by atoms with Gasteiger partial charge in [-0.1, -0.05) is 18.2 Å². The van der Waals surface area contributed by atoms with Gasteiger partial charge in [-0.25, -0.2) is 0 Å². The Morgan fingerprint density at radius 1 is 1.04 bits per heavy atom. The summed E-state index contributed by atoms with van der Waals surface area (Å²) >= 11 is 0. The fourth-order valence-electron chi connectivity index (χ4n) is 2.91. The van der Waals surface area contributed by atoms with Crippen LogP contribution in [0.25, 0.3) is 0 Å². The first-order valence-corrected chi connectivity index (χ1v) is 8.15. The highest BCUT2D eigenvalue weighted by molar-refractivity contribution is 6.04. The number of Topliss-reactive ketones (excluding diaryl/α,β-unsaturated/α-hetero) is 2. The zero-order valence-corrected chi connectivity index (χ0v) is 15.3. The number of H-pyrrole nitrogens is 1. The average molecular weight is 341 g/mol. The summed E-state index contributed by atoms with van der Waals surface area (Å²) in [6, 6.07) is 5.77. The van der Waals surface area contributed by atoms with Gasteiger partial charge in [0.2, 0.25) is 5.78 Å². The molecule has 0 aliphatic carbocycles. The molecule has 1 aromatic carbocycles. The van der Waals surface area contributed by atoms with Crippen molar-refractivity contribution >= 4 is 17.5 Å². The van der Waals surface area contributed by atoms with E-state index in [2.05, 4.69) is 4.98 Å². The number of hydrogen-bond donors (Lipinski definition) is 1. The van der Waals surface area contributed by atoms with E-state index >= 15 is 0 Å². The van der Waals surface area contributed by atoms with Crippen molar-refractivity contribution in [2.45, 2.75) is 41.0 Å². The molecule has 0 spiro atoms. The fourth-order valence-corrected chi connectivity index (χ4v) is 2.91. The number of aromatic amines is 1. The molecule has 0 radical (unpaired) electrons. The molecular weight excluding hydrogens is 318 g/mol. The van der Waals surface area contributed by atoms with Crippen LogP contribution in [0.3, 0.4) is 0 Å². The molecule has 0 atom stereocenters. The van der Waals surface area contributed by atoms with Crippen LogP contribution < -0.4 is 0 Å². The highest BCUT2D eigenvalue weighted by Gasteiger charge is 2.20. The summed E-state index contributed by atoms with van der Waals surface area (Å²) in [5.74, 6) is -0.900. The molecule has 5 nitrogen and oxygen atoms in total. The van der Waals surface area contributed by atoms with Crippen molar-refractivity contribution in [2.75, 3.05) is 6.61 Å². The largest absolute Gasteiger partial charge is 0.457 e. The van der Waals surface area contributed by atoms with Crippen molar-refractivity contribution in [2.24, 2.45) is 0 Å². The molecule has 1 N–H and O–H groups in total. The van der Waals surface area contributed by atoms with Crippen molar-refractivity contribution in [1.29, 1.82) is 0 Å². The van der Waals surface area contributed by atoms with Gasteiger partial charge < -0.3 is 9.72 Å². The molecule has 0 amide bonds. The second kappa shape index (κ2) is 7.47. The Hall–Kier alpha value is -2.69. The molecule has 5 heteroatoms. The molecule has 0 fully saturated rings. The van der Waals surface area contributed by atoms with Crippen LogP contribution in [0.2, 0.25) is 0 Å². The number of rotatable bonds is 6. The summed E-state index contributed by atoms with van der Waals surface area (Å²) < 4.78 is 5.10. The lowest BCUT2D eigenvalue weighted by Gasteiger charge is -2.06. The van der Waals surface area contributed by atoms with Gasteiger partial charge in [0.1, 0.15) is 0 Å². The maximum absolute atomic E-state index is 12.3. The lowest BCUT2D eigenvalue weighted by atomic mass is 10.0. The van der Waals surface area contributed by atoms with Gasteiger partial charge in [-0.3, -0.25) is 14.4 Å². The van der Waals surface area contributed by atoms with Gasteiger partial charge >= 0.3 is 5.97 Å². The minimum absolute atomic E-state index is 0.1000. The molecule has 0 aliphatic rings. The summed E-state index contributed by atoms with van der Waals surface area (Å²) in [6.07, 6.45) is 0.121. The quantitative estimate of drug-likeness (QED) is 0.645. The lowest BCUT2D eigenvalue weighted by molar-refractivity contribution is -0.141. The van der Waals surface area contributed by atoms with Crippen molar-refractivity contribution in [3.8, 4) is 0 Å². The Kier molecular flexibility index (Phi) is 5.57. The highest BCUT2D eigenvalue weighted by atomic mass is 16.5. The topological polar surface area (TPSA) is 76.2 Å². The van der Waals surface area contributed by atoms with Crippen LogP contribution in [0.5, 0.6) is 0 Å². The molecule has 0 aliphatic heterocycles. The number of aromatic nitrogens is 1. The molecule has 0 saturated carbocycles. The third kappa shape index (κ3) is 4.24. The van der Waals surface area contributed by atoms with Crippen LogP contribution in [0.1, 0.15) is 55.7 Å². The summed E-state index contributed by atoms with van der Waals surface area (Å²) in [5, 5.41) is 0. The average Bonchev–Trinajstić information content (AvgIpc) is 2.83. The van der Waals surface area contributed by atoms with E-state index in [0.29, 0.717) is 22.5 Å². The number of benzene rings is 1. The van der Waals surface area contributed by atoms with Gasteiger partial charge in [0.25, 0.3) is 0 Å². The second-order valence-electron chi connectivity index (χ2n) is 6.36. The number of hydrogen-bond acceptors (Lipinski definition) is 4. The van der Waals surface area contributed by atoms with Gasteiger partial charge in [-0.2, -0.15) is 0 Å². The standard InChI is InChI=1S/C20H23NO4/c1-11-6-7-16(8-12(11)2)9-18(24)25-10-17(23)20-13(3)19(15(5)22)14(4)21-20/h6-8,21H,9-10H2,1-5H3. The zero-order chi connectivity index (χ0) is 18.7. The summed E-state index contributed by atoms with van der Waals surface area (Å²) in [6.45, 7) is 8.56. The first-order valence-electron chi connectivity index (χ1n) is 8.15. The highest BCUT2D eigenvalue weighted by Crippen LogP contribution is 2.19. The van der Waals surface area contributed by atoms with E-state index < -0.39 is 5.97 Å². The first kappa shape index (κ1) is 18.6. The SMILES string of the molecule is CC(=O)c1c(C)[nH]c(C(=O)COC(=O)Cc2ccc(C)c(C)c2)c1C. The number of carbonyl (C=O) groups excluding carboxylic acids is 3. The summed E-state index contributed by atoms with van der Waals surface area (Å²) in [4.78, 5) is 38.8. The zero-order valence-electron chi connectivity index (χ0n) is 15.3. The van der Waals surface area contributed by atoms with Crippen LogP contribution in [0, 0.1) is 27.7 Å². The van der Waals surface area contributed by atoms with Gasteiger partial charge in [-0.05, 0) is 56.9 Å². The number of nitrogens with one attached hydrogen (secondary N) is 1. The third-order valence-electron chi connectivity index (χ3n) is 4.35. The molecule has 0 saturated heterocycles. The van der Waals surface area contributed by atoms with Crippen molar-refractivity contribution < 1.29 is 19.1 Å². The maximum atomic E-state index is 12.3. The van der Waals surface area contributed by atoms with E-state index in [-0.39, 0.29) is 24.6 Å². The number of esters is 1. The Labute approximate surface area is 147 Å². The molecule has 2 aromatic rings. The van der Waals surface area contributed by atoms with Crippen LogP contribution in [0.4, 0.5) is 0 Å². The molecule has 132 valence electrons. The number of ketones is 2. The van der Waals surface area contributed by atoms with Crippen molar-refractivity contribution in [3.05, 3.63) is 57.4 Å². The normalized spacial score (nSPS) is 10.6. The number of aryl methyl sites for hydroxylation is 3. The smallest absolute Gasteiger partial charge is 0.310 e. The predicted molar refractivity (Wildman–Crippen MR) is 95.2 cm³/mol. The number of ether oxygens (including phenoxy) is 1. The number of carbonyl (C=O) groups is 3. The van der Waals surface area contributed by atoms with Crippen molar-refractivity contribution in [1.82, 2.24) is 4.98 Å².